The molecule has 0 bridgehead atoms. The number of methoxy groups -OCH3 is 1. The third-order valence-corrected chi connectivity index (χ3v) is 4.49. The van der Waals surface area contributed by atoms with Gasteiger partial charge in [0.15, 0.2) is 0 Å². The SMILES string of the molecule is COCCN(CCNS(=O)(=O)c1ccc(C)cc1)C(C)=O. The lowest BCUT2D eigenvalue weighted by Crippen LogP contribution is -2.39. The molecule has 1 amide bonds. The molecule has 1 aromatic carbocycles. The fourth-order valence-corrected chi connectivity index (χ4v) is 2.76. The van der Waals surface area contributed by atoms with Crippen molar-refractivity contribution < 1.29 is 17.9 Å². The highest BCUT2D eigenvalue weighted by atomic mass is 32.2. The van der Waals surface area contributed by atoms with Gasteiger partial charge < -0.3 is 9.64 Å². The summed E-state index contributed by atoms with van der Waals surface area (Å²) in [6.07, 6.45) is 0. The minimum Gasteiger partial charge on any atom is -0.383 e. The Balaban J connectivity index is 2.56. The molecule has 0 aliphatic heterocycles. The number of ether oxygens (including phenoxy) is 1. The van der Waals surface area contributed by atoms with Crippen molar-refractivity contribution in [2.24, 2.45) is 0 Å². The van der Waals surface area contributed by atoms with Crippen LogP contribution in [0.2, 0.25) is 0 Å². The number of amides is 1. The Morgan fingerprint density at radius 1 is 1.24 bits per heavy atom. The Labute approximate surface area is 126 Å². The summed E-state index contributed by atoms with van der Waals surface area (Å²) in [7, 11) is -1.98. The summed E-state index contributed by atoms with van der Waals surface area (Å²) in [6, 6.07) is 6.61. The molecule has 0 aliphatic rings. The zero-order chi connectivity index (χ0) is 15.9. The molecule has 1 rings (SSSR count). The van der Waals surface area contributed by atoms with Crippen molar-refractivity contribution in [1.29, 1.82) is 0 Å². The lowest BCUT2D eigenvalue weighted by molar-refractivity contribution is -0.129. The highest BCUT2D eigenvalue weighted by Gasteiger charge is 2.14. The molecule has 1 N–H and O–H groups in total. The number of benzene rings is 1. The van der Waals surface area contributed by atoms with E-state index in [9.17, 15) is 13.2 Å². The van der Waals surface area contributed by atoms with Crippen LogP contribution in [0.4, 0.5) is 0 Å². The Kier molecular flexibility index (Phi) is 6.80. The first-order valence-corrected chi connectivity index (χ1v) is 8.16. The molecule has 21 heavy (non-hydrogen) atoms. The van der Waals surface area contributed by atoms with Gasteiger partial charge in [-0.05, 0) is 19.1 Å². The number of carbonyl (C=O) groups excluding carboxylic acids is 1. The Morgan fingerprint density at radius 2 is 1.86 bits per heavy atom. The average molecular weight is 314 g/mol. The molecule has 1 aromatic rings. The molecule has 7 heteroatoms. The van der Waals surface area contributed by atoms with Crippen molar-refractivity contribution in [1.82, 2.24) is 9.62 Å². The Morgan fingerprint density at radius 3 is 2.38 bits per heavy atom. The molecule has 0 heterocycles. The monoisotopic (exact) mass is 314 g/mol. The zero-order valence-electron chi connectivity index (χ0n) is 12.6. The smallest absolute Gasteiger partial charge is 0.240 e. The van der Waals surface area contributed by atoms with E-state index in [-0.39, 0.29) is 17.3 Å². The molecule has 0 atom stereocenters. The summed E-state index contributed by atoms with van der Waals surface area (Å²) in [5.41, 5.74) is 0.997. The van der Waals surface area contributed by atoms with Crippen LogP contribution < -0.4 is 4.72 Å². The van der Waals surface area contributed by atoms with Crippen molar-refractivity contribution in [3.63, 3.8) is 0 Å². The molecule has 0 saturated carbocycles. The largest absolute Gasteiger partial charge is 0.383 e. The third-order valence-electron chi connectivity index (χ3n) is 3.02. The van der Waals surface area contributed by atoms with E-state index in [4.69, 9.17) is 4.74 Å². The normalized spacial score (nSPS) is 11.4. The number of hydrogen-bond acceptors (Lipinski definition) is 4. The van der Waals surface area contributed by atoms with Gasteiger partial charge in [-0.25, -0.2) is 13.1 Å². The van der Waals surface area contributed by atoms with E-state index in [0.717, 1.165) is 5.56 Å². The highest BCUT2D eigenvalue weighted by molar-refractivity contribution is 7.89. The number of sulfonamides is 1. The predicted octanol–water partition coefficient (Wildman–Crippen LogP) is 0.768. The van der Waals surface area contributed by atoms with Crippen LogP contribution in [0.3, 0.4) is 0 Å². The number of rotatable bonds is 8. The van der Waals surface area contributed by atoms with Gasteiger partial charge >= 0.3 is 0 Å². The van der Waals surface area contributed by atoms with Gasteiger partial charge in [0.1, 0.15) is 0 Å². The molecule has 0 spiro atoms. The van der Waals surface area contributed by atoms with Crippen LogP contribution in [0.15, 0.2) is 29.2 Å². The molecule has 6 nitrogen and oxygen atoms in total. The van der Waals surface area contributed by atoms with E-state index >= 15 is 0 Å². The standard InChI is InChI=1S/C14H22N2O4S/c1-12-4-6-14(7-5-12)21(18,19)15-8-9-16(13(2)17)10-11-20-3/h4-7,15H,8-11H2,1-3H3. The Bertz CT molecular complexity index is 555. The van der Waals surface area contributed by atoms with Gasteiger partial charge in [0.2, 0.25) is 15.9 Å². The van der Waals surface area contributed by atoms with E-state index < -0.39 is 10.0 Å². The summed E-state index contributed by atoms with van der Waals surface area (Å²) in [5.74, 6) is -0.110. The molecule has 0 fully saturated rings. The number of nitrogens with one attached hydrogen (secondary N) is 1. The van der Waals surface area contributed by atoms with Gasteiger partial charge in [0.25, 0.3) is 0 Å². The fourth-order valence-electron chi connectivity index (χ4n) is 1.74. The summed E-state index contributed by atoms with van der Waals surface area (Å²) < 4.78 is 31.6. The summed E-state index contributed by atoms with van der Waals surface area (Å²) in [4.78, 5) is 13.2. The molecule has 0 radical (unpaired) electrons. The van der Waals surface area contributed by atoms with Crippen LogP contribution in [-0.2, 0) is 19.6 Å². The predicted molar refractivity (Wildman–Crippen MR) is 80.5 cm³/mol. The number of nitrogens with zero attached hydrogens (tertiary/aromatic N) is 1. The minimum atomic E-state index is -3.54. The minimum absolute atomic E-state index is 0.110. The van der Waals surface area contributed by atoms with E-state index in [0.29, 0.717) is 19.7 Å². The molecule has 0 aliphatic carbocycles. The summed E-state index contributed by atoms with van der Waals surface area (Å²) in [6.45, 7) is 4.68. The number of carbonyl (C=O) groups is 1. The molecular formula is C14H22N2O4S. The first-order valence-electron chi connectivity index (χ1n) is 6.67. The first kappa shape index (κ1) is 17.6. The maximum absolute atomic E-state index is 12.1. The van der Waals surface area contributed by atoms with Crippen molar-refractivity contribution in [2.75, 3.05) is 33.4 Å². The van der Waals surface area contributed by atoms with Crippen LogP contribution in [-0.4, -0.2) is 52.6 Å². The molecule has 0 saturated heterocycles. The van der Waals surface area contributed by atoms with Crippen molar-refractivity contribution in [3.05, 3.63) is 29.8 Å². The maximum atomic E-state index is 12.1. The summed E-state index contributed by atoms with van der Waals surface area (Å²) >= 11 is 0. The van der Waals surface area contributed by atoms with E-state index in [1.165, 1.54) is 6.92 Å². The third kappa shape index (κ3) is 5.82. The lowest BCUT2D eigenvalue weighted by atomic mass is 10.2. The van der Waals surface area contributed by atoms with Crippen LogP contribution in [0, 0.1) is 6.92 Å². The second kappa shape index (κ2) is 8.11. The zero-order valence-corrected chi connectivity index (χ0v) is 13.4. The molecular weight excluding hydrogens is 292 g/mol. The Hall–Kier alpha value is -1.44. The van der Waals surface area contributed by atoms with Crippen molar-refractivity contribution in [3.8, 4) is 0 Å². The van der Waals surface area contributed by atoms with Gasteiger partial charge in [-0.1, -0.05) is 17.7 Å². The van der Waals surface area contributed by atoms with Crippen molar-refractivity contribution >= 4 is 15.9 Å². The van der Waals surface area contributed by atoms with E-state index in [2.05, 4.69) is 4.72 Å². The summed E-state index contributed by atoms with van der Waals surface area (Å²) in [5, 5.41) is 0. The lowest BCUT2D eigenvalue weighted by Gasteiger charge is -2.20. The molecule has 118 valence electrons. The van der Waals surface area contributed by atoms with E-state index in [1.54, 1.807) is 36.3 Å². The molecule has 0 aromatic heterocycles. The van der Waals surface area contributed by atoms with Gasteiger partial charge in [-0.15, -0.1) is 0 Å². The quantitative estimate of drug-likeness (QED) is 0.769. The highest BCUT2D eigenvalue weighted by Crippen LogP contribution is 2.09. The van der Waals surface area contributed by atoms with E-state index in [1.807, 2.05) is 6.92 Å². The van der Waals surface area contributed by atoms with Gasteiger partial charge in [-0.3, -0.25) is 4.79 Å². The van der Waals surface area contributed by atoms with Gasteiger partial charge in [0, 0.05) is 33.7 Å². The second-order valence-corrected chi connectivity index (χ2v) is 6.48. The number of hydrogen-bond donors (Lipinski definition) is 1. The van der Waals surface area contributed by atoms with Crippen LogP contribution in [0.5, 0.6) is 0 Å². The first-order chi connectivity index (χ1) is 9.86. The average Bonchev–Trinajstić information content (AvgIpc) is 2.42. The fraction of sp³-hybridized carbons (Fsp3) is 0.500. The second-order valence-electron chi connectivity index (χ2n) is 4.71. The number of aryl methyl sites for hydroxylation is 1. The van der Waals surface area contributed by atoms with Crippen LogP contribution in [0.25, 0.3) is 0 Å². The van der Waals surface area contributed by atoms with Crippen LogP contribution >= 0.6 is 0 Å². The topological polar surface area (TPSA) is 75.7 Å². The maximum Gasteiger partial charge on any atom is 0.240 e. The van der Waals surface area contributed by atoms with Crippen molar-refractivity contribution in [2.45, 2.75) is 18.7 Å². The van der Waals surface area contributed by atoms with Gasteiger partial charge in [-0.2, -0.15) is 0 Å². The van der Waals surface area contributed by atoms with Crippen LogP contribution in [0.1, 0.15) is 12.5 Å². The van der Waals surface area contributed by atoms with Gasteiger partial charge in [0.05, 0.1) is 11.5 Å². The molecule has 0 unspecified atom stereocenters.